The largest absolute Gasteiger partial charge is 0.373 e. The molecule has 0 radical (unpaired) electrons. The Balaban J connectivity index is 1.52. The van der Waals surface area contributed by atoms with E-state index in [0.717, 1.165) is 47.9 Å². The number of ether oxygens (including phenoxy) is 1. The molecule has 2 aliphatic heterocycles. The second kappa shape index (κ2) is 6.38. The summed E-state index contributed by atoms with van der Waals surface area (Å²) in [7, 11) is 0. The van der Waals surface area contributed by atoms with E-state index in [2.05, 4.69) is 11.2 Å². The van der Waals surface area contributed by atoms with Crippen molar-refractivity contribution in [2.45, 2.75) is 38.5 Å². The van der Waals surface area contributed by atoms with Crippen LogP contribution in [0.25, 0.3) is 0 Å². The summed E-state index contributed by atoms with van der Waals surface area (Å²) < 4.78 is 7.55. The molecule has 0 aliphatic carbocycles. The van der Waals surface area contributed by atoms with Crippen LogP contribution in [0.1, 0.15) is 51.3 Å². The number of nitrogens with zero attached hydrogens (tertiary/aromatic N) is 4. The van der Waals surface area contributed by atoms with E-state index in [1.165, 1.54) is 11.3 Å². The van der Waals surface area contributed by atoms with E-state index in [1.807, 2.05) is 21.7 Å². The van der Waals surface area contributed by atoms with Gasteiger partial charge >= 0.3 is 0 Å². The highest BCUT2D eigenvalue weighted by molar-refractivity contribution is 7.14. The summed E-state index contributed by atoms with van der Waals surface area (Å²) in [6.45, 7) is 2.76. The fourth-order valence-corrected chi connectivity index (χ4v) is 4.35. The maximum Gasteiger partial charge on any atom is 0.264 e. The average Bonchev–Trinajstić information content (AvgIpc) is 3.32. The number of aryl methyl sites for hydroxylation is 1. The zero-order valence-electron chi connectivity index (χ0n) is 13.3. The molecule has 2 aromatic rings. The van der Waals surface area contributed by atoms with Gasteiger partial charge in [0.1, 0.15) is 6.07 Å². The number of aromatic nitrogens is 2. The maximum atomic E-state index is 12.9. The first-order chi connectivity index (χ1) is 11.7. The van der Waals surface area contributed by atoms with E-state index in [9.17, 15) is 4.79 Å². The van der Waals surface area contributed by atoms with Gasteiger partial charge in [0.15, 0.2) is 5.69 Å². The van der Waals surface area contributed by atoms with Crippen LogP contribution in [0, 0.1) is 11.3 Å². The zero-order chi connectivity index (χ0) is 16.5. The van der Waals surface area contributed by atoms with E-state index < -0.39 is 0 Å². The molecule has 0 unspecified atom stereocenters. The van der Waals surface area contributed by atoms with Crippen LogP contribution in [0.5, 0.6) is 0 Å². The van der Waals surface area contributed by atoms with E-state index in [1.54, 1.807) is 6.07 Å². The Bertz CT molecular complexity index is 798. The van der Waals surface area contributed by atoms with Crippen LogP contribution in [-0.2, 0) is 17.8 Å². The molecular formula is C17H18N4O2S. The molecule has 0 bridgehead atoms. The van der Waals surface area contributed by atoms with Gasteiger partial charge in [0.05, 0.1) is 23.2 Å². The van der Waals surface area contributed by atoms with Crippen molar-refractivity contribution in [2.24, 2.45) is 0 Å². The number of amides is 1. The molecule has 1 fully saturated rings. The molecule has 2 aliphatic rings. The lowest BCUT2D eigenvalue weighted by molar-refractivity contribution is 0.0750. The Morgan fingerprint density at radius 3 is 3.08 bits per heavy atom. The summed E-state index contributed by atoms with van der Waals surface area (Å²) in [6.07, 6.45) is 3.12. The minimum absolute atomic E-state index is 0.0532. The summed E-state index contributed by atoms with van der Waals surface area (Å²) in [5, 5.41) is 13.3. The third-order valence-corrected chi connectivity index (χ3v) is 5.67. The summed E-state index contributed by atoms with van der Waals surface area (Å²) in [4.78, 5) is 16.6. The fraction of sp³-hybridized carbons (Fsp3) is 0.471. The zero-order valence-corrected chi connectivity index (χ0v) is 14.1. The first kappa shape index (κ1) is 15.4. The van der Waals surface area contributed by atoms with Gasteiger partial charge in [-0.2, -0.15) is 10.4 Å². The number of rotatable bonds is 2. The third kappa shape index (κ3) is 2.83. The van der Waals surface area contributed by atoms with Crippen molar-refractivity contribution in [3.63, 3.8) is 0 Å². The number of hydrogen-bond donors (Lipinski definition) is 0. The predicted molar refractivity (Wildman–Crippen MR) is 88.5 cm³/mol. The first-order valence-corrected chi connectivity index (χ1v) is 9.03. The average molecular weight is 342 g/mol. The molecule has 0 saturated carbocycles. The van der Waals surface area contributed by atoms with Gasteiger partial charge in [-0.05, 0) is 37.5 Å². The monoisotopic (exact) mass is 342 g/mol. The highest BCUT2D eigenvalue weighted by atomic mass is 32.1. The van der Waals surface area contributed by atoms with Gasteiger partial charge in [0.2, 0.25) is 0 Å². The van der Waals surface area contributed by atoms with Gasteiger partial charge in [-0.3, -0.25) is 9.48 Å². The van der Waals surface area contributed by atoms with Crippen LogP contribution in [0.4, 0.5) is 0 Å². The summed E-state index contributed by atoms with van der Waals surface area (Å²) in [6, 6.07) is 7.77. The first-order valence-electron chi connectivity index (χ1n) is 8.22. The molecule has 7 heteroatoms. The highest BCUT2D eigenvalue weighted by Crippen LogP contribution is 2.34. The minimum atomic E-state index is 0.0532. The minimum Gasteiger partial charge on any atom is -0.373 e. The van der Waals surface area contributed by atoms with Gasteiger partial charge in [-0.25, -0.2) is 0 Å². The Labute approximate surface area is 144 Å². The van der Waals surface area contributed by atoms with E-state index in [0.29, 0.717) is 18.8 Å². The Kier molecular flexibility index (Phi) is 4.08. The Morgan fingerprint density at radius 2 is 2.29 bits per heavy atom. The highest BCUT2D eigenvalue weighted by Gasteiger charge is 2.25. The van der Waals surface area contributed by atoms with Gasteiger partial charge in [0, 0.05) is 24.6 Å². The Morgan fingerprint density at radius 1 is 1.38 bits per heavy atom. The van der Waals surface area contributed by atoms with Crippen LogP contribution in [0.3, 0.4) is 0 Å². The molecule has 24 heavy (non-hydrogen) atoms. The van der Waals surface area contributed by atoms with E-state index >= 15 is 0 Å². The maximum absolute atomic E-state index is 12.9. The Hall–Kier alpha value is -2.17. The molecule has 124 valence electrons. The second-order valence-corrected chi connectivity index (χ2v) is 7.26. The smallest absolute Gasteiger partial charge is 0.264 e. The fourth-order valence-electron chi connectivity index (χ4n) is 3.29. The van der Waals surface area contributed by atoms with E-state index in [-0.39, 0.29) is 12.0 Å². The van der Waals surface area contributed by atoms with Crippen LogP contribution in [0.2, 0.25) is 0 Å². The van der Waals surface area contributed by atoms with Crippen molar-refractivity contribution in [3.8, 4) is 6.07 Å². The lowest BCUT2D eigenvalue weighted by Crippen LogP contribution is -2.30. The van der Waals surface area contributed by atoms with Gasteiger partial charge in [-0.1, -0.05) is 0 Å². The number of carbonyl (C=O) groups excluding carboxylic acids is 1. The molecule has 1 saturated heterocycles. The predicted octanol–water partition coefficient (Wildman–Crippen LogP) is 2.71. The normalized spacial score (nSPS) is 20.5. The second-order valence-electron chi connectivity index (χ2n) is 6.14. The van der Waals surface area contributed by atoms with Crippen molar-refractivity contribution in [2.75, 3.05) is 13.2 Å². The van der Waals surface area contributed by atoms with Crippen LogP contribution in [0.15, 0.2) is 18.2 Å². The molecule has 4 rings (SSSR count). The van der Waals surface area contributed by atoms with Gasteiger partial charge < -0.3 is 9.64 Å². The molecular weight excluding hydrogens is 324 g/mol. The van der Waals surface area contributed by atoms with Gasteiger partial charge in [0.25, 0.3) is 5.91 Å². The van der Waals surface area contributed by atoms with Crippen LogP contribution < -0.4 is 0 Å². The summed E-state index contributed by atoms with van der Waals surface area (Å²) >= 11 is 1.54. The van der Waals surface area contributed by atoms with Crippen molar-refractivity contribution < 1.29 is 9.53 Å². The molecule has 4 heterocycles. The number of fused-ring (bicyclic) bond motifs is 1. The summed E-state index contributed by atoms with van der Waals surface area (Å²) in [5.74, 6) is 0.0532. The number of hydrogen-bond acceptors (Lipinski definition) is 5. The molecule has 2 aromatic heterocycles. The third-order valence-electron chi connectivity index (χ3n) is 4.50. The van der Waals surface area contributed by atoms with Crippen molar-refractivity contribution in [1.29, 1.82) is 5.26 Å². The van der Waals surface area contributed by atoms with Crippen LogP contribution >= 0.6 is 11.3 Å². The SMILES string of the molecule is N#Cc1cc2n(n1)CCCN(C(=O)c1ccc([C@H]3CCCO3)s1)C2. The van der Waals surface area contributed by atoms with Crippen LogP contribution in [-0.4, -0.2) is 33.7 Å². The molecule has 1 atom stereocenters. The standard InChI is InChI=1S/C17H18N4O2S/c18-10-12-9-13-11-20(6-2-7-21(13)19-12)17(22)16-5-4-15(24-16)14-3-1-8-23-14/h4-5,9,14H,1-3,6-8,11H2/t14-/m1/s1. The lowest BCUT2D eigenvalue weighted by Gasteiger charge is -2.19. The van der Waals surface area contributed by atoms with Crippen molar-refractivity contribution >= 4 is 17.2 Å². The molecule has 6 nitrogen and oxygen atoms in total. The lowest BCUT2D eigenvalue weighted by atomic mass is 10.2. The topological polar surface area (TPSA) is 71.2 Å². The molecule has 0 aromatic carbocycles. The molecule has 0 N–H and O–H groups in total. The van der Waals surface area contributed by atoms with Crippen molar-refractivity contribution in [1.82, 2.24) is 14.7 Å². The summed E-state index contributed by atoms with van der Waals surface area (Å²) in [5.41, 5.74) is 1.34. The van der Waals surface area contributed by atoms with E-state index in [4.69, 9.17) is 10.00 Å². The van der Waals surface area contributed by atoms with Gasteiger partial charge in [-0.15, -0.1) is 11.3 Å². The quantitative estimate of drug-likeness (QED) is 0.841. The number of carbonyl (C=O) groups is 1. The molecule has 0 spiro atoms. The number of nitriles is 1. The number of thiophene rings is 1. The molecule has 1 amide bonds. The van der Waals surface area contributed by atoms with Crippen molar-refractivity contribution in [3.05, 3.63) is 39.3 Å².